The normalized spacial score (nSPS) is 47.1. The first-order chi connectivity index (χ1) is 4.86. The standard InChI is InChI=1S/C9H17N/c1-7-2-3-8-5-10-6-9(8)4-7/h7-10H,2-6H2,1H3/t7-,8?,9?/m1/s1. The molecule has 1 N–H and O–H groups in total. The van der Waals surface area contributed by atoms with E-state index < -0.39 is 0 Å². The van der Waals surface area contributed by atoms with E-state index in [0.29, 0.717) is 0 Å². The average Bonchev–Trinajstić information content (AvgIpc) is 2.33. The summed E-state index contributed by atoms with van der Waals surface area (Å²) in [6.45, 7) is 5.00. The zero-order valence-electron chi connectivity index (χ0n) is 6.77. The molecule has 10 heavy (non-hydrogen) atoms. The van der Waals surface area contributed by atoms with Gasteiger partial charge in [-0.25, -0.2) is 0 Å². The lowest BCUT2D eigenvalue weighted by Gasteiger charge is -2.28. The number of rotatable bonds is 0. The van der Waals surface area contributed by atoms with E-state index in [1.165, 1.54) is 32.4 Å². The molecule has 1 aliphatic heterocycles. The van der Waals surface area contributed by atoms with Crippen LogP contribution in [0.2, 0.25) is 0 Å². The highest BCUT2D eigenvalue weighted by molar-refractivity contribution is 4.86. The molecule has 0 aromatic rings. The molecule has 2 fully saturated rings. The second-order valence-electron chi connectivity index (χ2n) is 4.10. The SMILES string of the molecule is C[C@@H]1CCC2CNCC2C1. The first-order valence-electron chi connectivity index (χ1n) is 4.57. The molecule has 2 rings (SSSR count). The second-order valence-corrected chi connectivity index (χ2v) is 4.10. The molecule has 1 heteroatoms. The van der Waals surface area contributed by atoms with Crippen LogP contribution in [0.25, 0.3) is 0 Å². The molecule has 2 aliphatic rings. The minimum absolute atomic E-state index is 1.00. The van der Waals surface area contributed by atoms with Gasteiger partial charge in [0.05, 0.1) is 0 Å². The molecule has 1 aliphatic carbocycles. The third-order valence-corrected chi connectivity index (χ3v) is 3.22. The van der Waals surface area contributed by atoms with Crippen molar-refractivity contribution < 1.29 is 0 Å². The molecular weight excluding hydrogens is 122 g/mol. The van der Waals surface area contributed by atoms with Crippen molar-refractivity contribution in [1.29, 1.82) is 0 Å². The van der Waals surface area contributed by atoms with E-state index >= 15 is 0 Å². The molecule has 1 nitrogen and oxygen atoms in total. The van der Waals surface area contributed by atoms with E-state index in [0.717, 1.165) is 17.8 Å². The summed E-state index contributed by atoms with van der Waals surface area (Å²) < 4.78 is 0. The molecule has 0 radical (unpaired) electrons. The summed E-state index contributed by atoms with van der Waals surface area (Å²) in [4.78, 5) is 0. The van der Waals surface area contributed by atoms with Crippen molar-refractivity contribution in [3.8, 4) is 0 Å². The monoisotopic (exact) mass is 139 g/mol. The first-order valence-corrected chi connectivity index (χ1v) is 4.57. The maximum atomic E-state index is 3.48. The molecule has 0 spiro atoms. The van der Waals surface area contributed by atoms with Crippen molar-refractivity contribution in [2.24, 2.45) is 17.8 Å². The molecule has 1 heterocycles. The van der Waals surface area contributed by atoms with Crippen LogP contribution in [0.5, 0.6) is 0 Å². The third kappa shape index (κ3) is 1.07. The smallest absolute Gasteiger partial charge is 0.00172 e. The number of nitrogens with one attached hydrogen (secondary N) is 1. The van der Waals surface area contributed by atoms with Crippen LogP contribution < -0.4 is 5.32 Å². The van der Waals surface area contributed by atoms with Crippen LogP contribution in [0.15, 0.2) is 0 Å². The quantitative estimate of drug-likeness (QED) is 0.538. The highest BCUT2D eigenvalue weighted by atomic mass is 14.9. The maximum absolute atomic E-state index is 3.48. The van der Waals surface area contributed by atoms with Gasteiger partial charge in [-0.3, -0.25) is 0 Å². The summed E-state index contributed by atoms with van der Waals surface area (Å²) in [6.07, 6.45) is 4.44. The number of hydrogen-bond acceptors (Lipinski definition) is 1. The molecule has 0 amide bonds. The summed E-state index contributed by atoms with van der Waals surface area (Å²) in [5.41, 5.74) is 0. The van der Waals surface area contributed by atoms with Crippen LogP contribution in [0.3, 0.4) is 0 Å². The van der Waals surface area contributed by atoms with Gasteiger partial charge in [-0.05, 0) is 43.7 Å². The fraction of sp³-hybridized carbons (Fsp3) is 1.00. The Morgan fingerprint density at radius 1 is 1.10 bits per heavy atom. The van der Waals surface area contributed by atoms with E-state index in [4.69, 9.17) is 0 Å². The fourth-order valence-corrected chi connectivity index (χ4v) is 2.53. The average molecular weight is 139 g/mol. The van der Waals surface area contributed by atoms with Crippen LogP contribution in [-0.2, 0) is 0 Å². The molecular formula is C9H17N. The topological polar surface area (TPSA) is 12.0 Å². The molecule has 0 aromatic carbocycles. The largest absolute Gasteiger partial charge is 0.316 e. The van der Waals surface area contributed by atoms with Gasteiger partial charge in [0, 0.05) is 0 Å². The lowest BCUT2D eigenvalue weighted by atomic mass is 9.77. The fourth-order valence-electron chi connectivity index (χ4n) is 2.53. The molecule has 1 saturated heterocycles. The van der Waals surface area contributed by atoms with Crippen LogP contribution in [0.1, 0.15) is 26.2 Å². The summed E-state index contributed by atoms with van der Waals surface area (Å²) in [5.74, 6) is 3.07. The first kappa shape index (κ1) is 6.66. The van der Waals surface area contributed by atoms with Crippen molar-refractivity contribution in [2.75, 3.05) is 13.1 Å². The summed E-state index contributed by atoms with van der Waals surface area (Å²) >= 11 is 0. The van der Waals surface area contributed by atoms with Gasteiger partial charge in [-0.1, -0.05) is 13.3 Å². The molecule has 0 aromatic heterocycles. The van der Waals surface area contributed by atoms with Crippen LogP contribution >= 0.6 is 0 Å². The van der Waals surface area contributed by atoms with Crippen molar-refractivity contribution in [3.05, 3.63) is 0 Å². The minimum atomic E-state index is 1.00. The van der Waals surface area contributed by atoms with E-state index in [2.05, 4.69) is 12.2 Å². The van der Waals surface area contributed by atoms with Crippen molar-refractivity contribution in [3.63, 3.8) is 0 Å². The lowest BCUT2D eigenvalue weighted by molar-refractivity contribution is 0.238. The Bertz CT molecular complexity index is 122. The van der Waals surface area contributed by atoms with Gasteiger partial charge in [-0.15, -0.1) is 0 Å². The van der Waals surface area contributed by atoms with Crippen LogP contribution in [-0.4, -0.2) is 13.1 Å². The Morgan fingerprint density at radius 2 is 1.90 bits per heavy atom. The Labute approximate surface area is 63.2 Å². The van der Waals surface area contributed by atoms with E-state index in [1.807, 2.05) is 0 Å². The van der Waals surface area contributed by atoms with Gasteiger partial charge in [0.1, 0.15) is 0 Å². The zero-order chi connectivity index (χ0) is 6.97. The lowest BCUT2D eigenvalue weighted by Crippen LogP contribution is -2.21. The van der Waals surface area contributed by atoms with Gasteiger partial charge in [0.15, 0.2) is 0 Å². The summed E-state index contributed by atoms with van der Waals surface area (Å²) in [5, 5.41) is 3.48. The Balaban J connectivity index is 1.96. The van der Waals surface area contributed by atoms with Crippen LogP contribution in [0, 0.1) is 17.8 Å². The van der Waals surface area contributed by atoms with Gasteiger partial charge in [0.25, 0.3) is 0 Å². The second kappa shape index (κ2) is 2.54. The van der Waals surface area contributed by atoms with Crippen molar-refractivity contribution in [2.45, 2.75) is 26.2 Å². The molecule has 3 atom stereocenters. The summed E-state index contributed by atoms with van der Waals surface area (Å²) in [6, 6.07) is 0. The molecule has 2 unspecified atom stereocenters. The molecule has 58 valence electrons. The number of fused-ring (bicyclic) bond motifs is 1. The zero-order valence-corrected chi connectivity index (χ0v) is 6.77. The third-order valence-electron chi connectivity index (χ3n) is 3.22. The highest BCUT2D eigenvalue weighted by Crippen LogP contribution is 2.35. The highest BCUT2D eigenvalue weighted by Gasteiger charge is 2.31. The molecule has 1 saturated carbocycles. The van der Waals surface area contributed by atoms with Gasteiger partial charge >= 0.3 is 0 Å². The van der Waals surface area contributed by atoms with Gasteiger partial charge in [0.2, 0.25) is 0 Å². The Hall–Kier alpha value is -0.0400. The Morgan fingerprint density at radius 3 is 2.80 bits per heavy atom. The Kier molecular flexibility index (Phi) is 1.69. The van der Waals surface area contributed by atoms with Gasteiger partial charge in [-0.2, -0.15) is 0 Å². The van der Waals surface area contributed by atoms with E-state index in [1.54, 1.807) is 0 Å². The maximum Gasteiger partial charge on any atom is -0.00172 e. The van der Waals surface area contributed by atoms with E-state index in [9.17, 15) is 0 Å². The van der Waals surface area contributed by atoms with Crippen molar-refractivity contribution >= 4 is 0 Å². The predicted octanol–water partition coefficient (Wildman–Crippen LogP) is 1.64. The summed E-state index contributed by atoms with van der Waals surface area (Å²) in [7, 11) is 0. The predicted molar refractivity (Wildman–Crippen MR) is 42.9 cm³/mol. The van der Waals surface area contributed by atoms with Crippen molar-refractivity contribution in [1.82, 2.24) is 5.32 Å². The van der Waals surface area contributed by atoms with E-state index in [-0.39, 0.29) is 0 Å². The van der Waals surface area contributed by atoms with Gasteiger partial charge < -0.3 is 5.32 Å². The van der Waals surface area contributed by atoms with Crippen LogP contribution in [0.4, 0.5) is 0 Å². The molecule has 0 bridgehead atoms. The number of hydrogen-bond donors (Lipinski definition) is 1. The minimum Gasteiger partial charge on any atom is -0.316 e.